The van der Waals surface area contributed by atoms with Crippen molar-refractivity contribution in [2.45, 2.75) is 17.5 Å². The number of rotatable bonds is 7. The van der Waals surface area contributed by atoms with Gasteiger partial charge in [-0.15, -0.1) is 10.2 Å². The zero-order valence-corrected chi connectivity index (χ0v) is 20.8. The van der Waals surface area contributed by atoms with Gasteiger partial charge in [-0.2, -0.15) is 0 Å². The first-order chi connectivity index (χ1) is 15.9. The average Bonchev–Trinajstić information content (AvgIpc) is 3.22. The van der Waals surface area contributed by atoms with Crippen molar-refractivity contribution in [2.24, 2.45) is 0 Å². The van der Waals surface area contributed by atoms with Crippen LogP contribution >= 0.6 is 50.9 Å². The Hall–Kier alpha value is -2.39. The Kier molecular flexibility index (Phi) is 7.70. The lowest BCUT2D eigenvalue weighted by atomic mass is 10.2. The number of carbonyl (C=O) groups is 1. The van der Waals surface area contributed by atoms with E-state index in [1.54, 1.807) is 28.8 Å². The number of hydrogen-bond donors (Lipinski definition) is 1. The summed E-state index contributed by atoms with van der Waals surface area (Å²) in [6, 6.07) is 18.7. The van der Waals surface area contributed by atoms with Crippen LogP contribution in [0.2, 0.25) is 10.0 Å². The number of nitrogens with one attached hydrogen (secondary N) is 1. The third kappa shape index (κ3) is 5.95. The molecule has 0 spiro atoms. The molecule has 1 aromatic heterocycles. The Balaban J connectivity index is 1.57. The Bertz CT molecular complexity index is 1280. The molecule has 1 N–H and O–H groups in total. The summed E-state index contributed by atoms with van der Waals surface area (Å²) in [5.41, 5.74) is 2.06. The van der Waals surface area contributed by atoms with Crippen LogP contribution in [-0.4, -0.2) is 20.7 Å². The number of amides is 1. The molecular formula is C23H16BrCl2FN4OS. The van der Waals surface area contributed by atoms with Gasteiger partial charge in [-0.05, 0) is 60.2 Å². The van der Waals surface area contributed by atoms with Crippen molar-refractivity contribution in [3.05, 3.63) is 104 Å². The highest BCUT2D eigenvalue weighted by atomic mass is 79.9. The van der Waals surface area contributed by atoms with Crippen LogP contribution in [0.1, 0.15) is 21.7 Å². The minimum Gasteiger partial charge on any atom is -0.345 e. The van der Waals surface area contributed by atoms with E-state index in [0.717, 1.165) is 10.0 Å². The van der Waals surface area contributed by atoms with Crippen LogP contribution in [0.3, 0.4) is 0 Å². The summed E-state index contributed by atoms with van der Waals surface area (Å²) >= 11 is 17.0. The number of hydrogen-bond acceptors (Lipinski definition) is 4. The molecule has 168 valence electrons. The summed E-state index contributed by atoms with van der Waals surface area (Å²) in [6.45, 7) is 0.0882. The molecule has 4 aromatic rings. The van der Waals surface area contributed by atoms with Crippen LogP contribution in [0.25, 0.3) is 5.69 Å². The van der Waals surface area contributed by atoms with Crippen LogP contribution in [0, 0.1) is 5.82 Å². The Morgan fingerprint density at radius 2 is 1.76 bits per heavy atom. The van der Waals surface area contributed by atoms with E-state index in [0.29, 0.717) is 32.5 Å². The Labute approximate surface area is 212 Å². The van der Waals surface area contributed by atoms with Gasteiger partial charge in [0, 0.05) is 20.9 Å². The van der Waals surface area contributed by atoms with Crippen molar-refractivity contribution in [3.63, 3.8) is 0 Å². The normalized spacial score (nSPS) is 10.9. The minimum atomic E-state index is -0.389. The largest absolute Gasteiger partial charge is 0.345 e. The van der Waals surface area contributed by atoms with E-state index in [2.05, 4.69) is 31.4 Å². The first-order valence-corrected chi connectivity index (χ1v) is 12.2. The monoisotopic (exact) mass is 564 g/mol. The molecule has 0 aliphatic carbocycles. The maximum atomic E-state index is 13.5. The number of carbonyl (C=O) groups excluding carboxylic acids is 1. The first kappa shape index (κ1) is 23.8. The van der Waals surface area contributed by atoms with Gasteiger partial charge in [0.05, 0.1) is 17.1 Å². The fourth-order valence-corrected chi connectivity index (χ4v) is 4.58. The summed E-state index contributed by atoms with van der Waals surface area (Å²) < 4.78 is 16.3. The molecule has 0 unspecified atom stereocenters. The molecule has 4 rings (SSSR count). The SMILES string of the molecule is O=C(NCc1nnc(SCc2ccc(Br)cc2)n1-c1ccc(F)cc1)c1cc(Cl)ccc1Cl. The molecule has 3 aromatic carbocycles. The van der Waals surface area contributed by atoms with Crippen LogP contribution in [-0.2, 0) is 12.3 Å². The van der Waals surface area contributed by atoms with Crippen LogP contribution in [0.15, 0.2) is 76.4 Å². The molecular weight excluding hydrogens is 550 g/mol. The van der Waals surface area contributed by atoms with Crippen molar-refractivity contribution in [1.29, 1.82) is 0 Å². The molecule has 1 heterocycles. The van der Waals surface area contributed by atoms with Gasteiger partial charge >= 0.3 is 0 Å². The Morgan fingerprint density at radius 3 is 2.48 bits per heavy atom. The van der Waals surface area contributed by atoms with E-state index in [1.165, 1.54) is 30.0 Å². The first-order valence-electron chi connectivity index (χ1n) is 9.71. The van der Waals surface area contributed by atoms with Gasteiger partial charge in [-0.1, -0.05) is 63.0 Å². The van der Waals surface area contributed by atoms with Gasteiger partial charge in [0.2, 0.25) is 0 Å². The molecule has 0 aliphatic rings. The third-order valence-electron chi connectivity index (χ3n) is 4.65. The van der Waals surface area contributed by atoms with Gasteiger partial charge in [0.25, 0.3) is 5.91 Å². The fraction of sp³-hybridized carbons (Fsp3) is 0.0870. The lowest BCUT2D eigenvalue weighted by molar-refractivity contribution is 0.0950. The molecule has 0 fully saturated rings. The van der Waals surface area contributed by atoms with Gasteiger partial charge in [-0.25, -0.2) is 4.39 Å². The molecule has 5 nitrogen and oxygen atoms in total. The molecule has 0 saturated carbocycles. The zero-order chi connectivity index (χ0) is 23.4. The summed E-state index contributed by atoms with van der Waals surface area (Å²) in [6.07, 6.45) is 0. The smallest absolute Gasteiger partial charge is 0.253 e. The fourth-order valence-electron chi connectivity index (χ4n) is 3.01. The molecule has 0 saturated heterocycles. The second-order valence-corrected chi connectivity index (χ2v) is 9.63. The quantitative estimate of drug-likeness (QED) is 0.253. The summed E-state index contributed by atoms with van der Waals surface area (Å²) in [5.74, 6) is 0.421. The van der Waals surface area contributed by atoms with Crippen molar-refractivity contribution < 1.29 is 9.18 Å². The summed E-state index contributed by atoms with van der Waals surface area (Å²) in [4.78, 5) is 12.7. The topological polar surface area (TPSA) is 59.8 Å². The van der Waals surface area contributed by atoms with Gasteiger partial charge in [0.1, 0.15) is 5.82 Å². The highest BCUT2D eigenvalue weighted by molar-refractivity contribution is 9.10. The van der Waals surface area contributed by atoms with E-state index in [4.69, 9.17) is 23.2 Å². The van der Waals surface area contributed by atoms with Crippen molar-refractivity contribution in [1.82, 2.24) is 20.1 Å². The van der Waals surface area contributed by atoms with Crippen molar-refractivity contribution in [2.75, 3.05) is 0 Å². The summed E-state index contributed by atoms with van der Waals surface area (Å²) in [7, 11) is 0. The Morgan fingerprint density at radius 1 is 1.03 bits per heavy atom. The van der Waals surface area contributed by atoms with Gasteiger partial charge in [0.15, 0.2) is 11.0 Å². The number of nitrogens with zero attached hydrogens (tertiary/aromatic N) is 3. The van der Waals surface area contributed by atoms with Gasteiger partial charge in [-0.3, -0.25) is 9.36 Å². The lowest BCUT2D eigenvalue weighted by Crippen LogP contribution is -2.25. The third-order valence-corrected chi connectivity index (χ3v) is 6.74. The average molecular weight is 566 g/mol. The second kappa shape index (κ2) is 10.7. The summed E-state index contributed by atoms with van der Waals surface area (Å²) in [5, 5.41) is 12.7. The standard InChI is InChI=1S/C23H16BrCl2FN4OS/c24-15-3-1-14(2-4-15)13-33-23-30-29-21(31(23)18-8-6-17(27)7-9-18)12-28-22(32)19-11-16(25)5-10-20(19)26/h1-11H,12-13H2,(H,28,32). The maximum absolute atomic E-state index is 13.5. The molecule has 0 atom stereocenters. The van der Waals surface area contributed by atoms with Crippen LogP contribution in [0.4, 0.5) is 4.39 Å². The minimum absolute atomic E-state index is 0.0882. The maximum Gasteiger partial charge on any atom is 0.253 e. The molecule has 10 heteroatoms. The van der Waals surface area contributed by atoms with Crippen LogP contribution < -0.4 is 5.32 Å². The molecule has 0 bridgehead atoms. The van der Waals surface area contributed by atoms with E-state index in [-0.39, 0.29) is 23.8 Å². The van der Waals surface area contributed by atoms with Crippen LogP contribution in [0.5, 0.6) is 0 Å². The molecule has 0 aliphatic heterocycles. The number of thioether (sulfide) groups is 1. The van der Waals surface area contributed by atoms with E-state index < -0.39 is 0 Å². The van der Waals surface area contributed by atoms with E-state index >= 15 is 0 Å². The van der Waals surface area contributed by atoms with Gasteiger partial charge < -0.3 is 5.32 Å². The lowest BCUT2D eigenvalue weighted by Gasteiger charge is -2.12. The number of aromatic nitrogens is 3. The van der Waals surface area contributed by atoms with Crippen molar-refractivity contribution in [3.8, 4) is 5.69 Å². The van der Waals surface area contributed by atoms with E-state index in [1.807, 2.05) is 24.3 Å². The zero-order valence-electron chi connectivity index (χ0n) is 16.9. The number of halogens is 4. The molecule has 0 radical (unpaired) electrons. The highest BCUT2D eigenvalue weighted by Crippen LogP contribution is 2.26. The second-order valence-electron chi connectivity index (χ2n) is 6.93. The van der Waals surface area contributed by atoms with Crippen molar-refractivity contribution >= 4 is 56.8 Å². The predicted octanol–water partition coefficient (Wildman–Crippen LogP) is 6.70. The number of benzene rings is 3. The predicted molar refractivity (Wildman–Crippen MR) is 133 cm³/mol. The molecule has 1 amide bonds. The highest BCUT2D eigenvalue weighted by Gasteiger charge is 2.17. The van der Waals surface area contributed by atoms with E-state index in [9.17, 15) is 9.18 Å². The molecule has 33 heavy (non-hydrogen) atoms.